The fourth-order valence-electron chi connectivity index (χ4n) is 2.62. The van der Waals surface area contributed by atoms with Gasteiger partial charge in [-0.2, -0.15) is 0 Å². The standard InChI is InChI=1S/C20H19NO3S/c1-23-19(22)13-25-18-12-17(21-14-8-4-3-5-9-14)15-10-6-7-11-16(15)20(18)24-2/h3-12,21H,13H2,1-2H3. The molecule has 0 fully saturated rings. The Balaban J connectivity index is 2.07. The number of fused-ring (bicyclic) bond motifs is 1. The minimum Gasteiger partial charge on any atom is -0.495 e. The maximum absolute atomic E-state index is 11.5. The van der Waals surface area contributed by atoms with Gasteiger partial charge in [-0.15, -0.1) is 11.8 Å². The van der Waals surface area contributed by atoms with Gasteiger partial charge in [0.25, 0.3) is 0 Å². The smallest absolute Gasteiger partial charge is 0.315 e. The number of hydrogen-bond donors (Lipinski definition) is 1. The van der Waals surface area contributed by atoms with E-state index in [-0.39, 0.29) is 11.7 Å². The lowest BCUT2D eigenvalue weighted by atomic mass is 10.1. The molecule has 0 amide bonds. The molecule has 5 heteroatoms. The van der Waals surface area contributed by atoms with Gasteiger partial charge < -0.3 is 14.8 Å². The number of anilines is 2. The van der Waals surface area contributed by atoms with Gasteiger partial charge in [-0.1, -0.05) is 42.5 Å². The fraction of sp³-hybridized carbons (Fsp3) is 0.150. The molecule has 128 valence electrons. The quantitative estimate of drug-likeness (QED) is 0.507. The van der Waals surface area contributed by atoms with E-state index in [9.17, 15) is 4.79 Å². The van der Waals surface area contributed by atoms with Crippen LogP contribution in [0.4, 0.5) is 11.4 Å². The van der Waals surface area contributed by atoms with Crippen LogP contribution in [0.2, 0.25) is 0 Å². The van der Waals surface area contributed by atoms with Crippen LogP contribution in [0.3, 0.4) is 0 Å². The van der Waals surface area contributed by atoms with E-state index in [1.165, 1.54) is 18.9 Å². The maximum Gasteiger partial charge on any atom is 0.315 e. The van der Waals surface area contributed by atoms with Crippen molar-refractivity contribution >= 4 is 39.9 Å². The van der Waals surface area contributed by atoms with Crippen molar-refractivity contribution in [2.45, 2.75) is 4.90 Å². The van der Waals surface area contributed by atoms with Crippen LogP contribution >= 0.6 is 11.8 Å². The molecule has 0 unspecified atom stereocenters. The van der Waals surface area contributed by atoms with Gasteiger partial charge in [0.1, 0.15) is 5.75 Å². The van der Waals surface area contributed by atoms with Gasteiger partial charge in [-0.25, -0.2) is 0 Å². The average molecular weight is 353 g/mol. The molecule has 0 atom stereocenters. The second-order valence-electron chi connectivity index (χ2n) is 5.36. The van der Waals surface area contributed by atoms with Crippen molar-refractivity contribution in [3.05, 3.63) is 60.7 Å². The second kappa shape index (κ2) is 7.94. The van der Waals surface area contributed by atoms with Crippen LogP contribution in [0, 0.1) is 0 Å². The summed E-state index contributed by atoms with van der Waals surface area (Å²) in [5.41, 5.74) is 1.97. The fourth-order valence-corrected chi connectivity index (χ4v) is 3.53. The van der Waals surface area contributed by atoms with Crippen molar-refractivity contribution in [1.82, 2.24) is 0 Å². The average Bonchev–Trinajstić information content (AvgIpc) is 2.67. The SMILES string of the molecule is COC(=O)CSc1cc(Nc2ccccc2)c2ccccc2c1OC. The molecule has 0 saturated carbocycles. The molecule has 0 heterocycles. The molecule has 0 spiro atoms. The molecule has 3 aromatic rings. The van der Waals surface area contributed by atoms with Gasteiger partial charge in [-0.3, -0.25) is 4.79 Å². The number of carbonyl (C=O) groups is 1. The highest BCUT2D eigenvalue weighted by Gasteiger charge is 2.15. The third-order valence-electron chi connectivity index (χ3n) is 3.79. The summed E-state index contributed by atoms with van der Waals surface area (Å²) in [4.78, 5) is 12.4. The minimum absolute atomic E-state index is 0.232. The molecular weight excluding hydrogens is 334 g/mol. The number of rotatable bonds is 6. The van der Waals surface area contributed by atoms with Crippen LogP contribution in [0.5, 0.6) is 5.75 Å². The van der Waals surface area contributed by atoms with Crippen LogP contribution in [0.15, 0.2) is 65.6 Å². The van der Waals surface area contributed by atoms with Crippen molar-refractivity contribution in [1.29, 1.82) is 0 Å². The summed E-state index contributed by atoms with van der Waals surface area (Å²) < 4.78 is 10.4. The minimum atomic E-state index is -0.266. The summed E-state index contributed by atoms with van der Waals surface area (Å²) in [7, 11) is 3.04. The zero-order chi connectivity index (χ0) is 17.6. The first kappa shape index (κ1) is 17.2. The number of nitrogens with one attached hydrogen (secondary N) is 1. The van der Waals surface area contributed by atoms with Gasteiger partial charge in [-0.05, 0) is 18.2 Å². The highest BCUT2D eigenvalue weighted by Crippen LogP contribution is 2.41. The first-order valence-corrected chi connectivity index (χ1v) is 8.83. The number of carbonyl (C=O) groups excluding carboxylic acids is 1. The molecular formula is C20H19NO3S. The molecule has 0 saturated heterocycles. The highest BCUT2D eigenvalue weighted by atomic mass is 32.2. The molecule has 3 aromatic carbocycles. The molecule has 3 rings (SSSR count). The van der Waals surface area contributed by atoms with Crippen molar-refractivity contribution in [2.75, 3.05) is 25.3 Å². The predicted molar refractivity (Wildman–Crippen MR) is 103 cm³/mol. The lowest BCUT2D eigenvalue weighted by molar-refractivity contribution is -0.137. The van der Waals surface area contributed by atoms with Crippen LogP contribution in [0.1, 0.15) is 0 Å². The van der Waals surface area contributed by atoms with Crippen LogP contribution in [0.25, 0.3) is 10.8 Å². The van der Waals surface area contributed by atoms with Gasteiger partial charge >= 0.3 is 5.97 Å². The van der Waals surface area contributed by atoms with Crippen LogP contribution < -0.4 is 10.1 Å². The first-order chi connectivity index (χ1) is 12.2. The van der Waals surface area contributed by atoms with Gasteiger partial charge in [0.2, 0.25) is 0 Å². The summed E-state index contributed by atoms with van der Waals surface area (Å²) in [6, 6.07) is 20.1. The second-order valence-corrected chi connectivity index (χ2v) is 6.37. The van der Waals surface area contributed by atoms with Gasteiger partial charge in [0.15, 0.2) is 0 Å². The Morgan fingerprint density at radius 2 is 1.68 bits per heavy atom. The summed E-state index contributed by atoms with van der Waals surface area (Å²) in [5.74, 6) is 0.733. The monoisotopic (exact) mass is 353 g/mol. The summed E-state index contributed by atoms with van der Waals surface area (Å²) in [6.07, 6.45) is 0. The number of hydrogen-bond acceptors (Lipinski definition) is 5. The van der Waals surface area contributed by atoms with E-state index in [4.69, 9.17) is 9.47 Å². The molecule has 0 aromatic heterocycles. The van der Waals surface area contributed by atoms with Crippen molar-refractivity contribution in [3.8, 4) is 5.75 Å². The third kappa shape index (κ3) is 3.88. The summed E-state index contributed by atoms with van der Waals surface area (Å²) in [6.45, 7) is 0. The molecule has 25 heavy (non-hydrogen) atoms. The predicted octanol–water partition coefficient (Wildman–Crippen LogP) is 4.86. The number of methoxy groups -OCH3 is 2. The van der Waals surface area contributed by atoms with Gasteiger partial charge in [0.05, 0.1) is 24.9 Å². The Morgan fingerprint density at radius 3 is 2.36 bits per heavy atom. The maximum atomic E-state index is 11.5. The van der Waals surface area contributed by atoms with Crippen LogP contribution in [-0.4, -0.2) is 25.9 Å². The van der Waals surface area contributed by atoms with E-state index in [0.717, 1.165) is 32.8 Å². The number of para-hydroxylation sites is 1. The lowest BCUT2D eigenvalue weighted by Crippen LogP contribution is -2.03. The first-order valence-electron chi connectivity index (χ1n) is 7.84. The summed E-state index contributed by atoms with van der Waals surface area (Å²) in [5, 5.41) is 5.51. The Bertz CT molecular complexity index is 881. The van der Waals surface area contributed by atoms with Crippen molar-refractivity contribution < 1.29 is 14.3 Å². The Hall–Kier alpha value is -2.66. The van der Waals surface area contributed by atoms with Crippen molar-refractivity contribution in [2.24, 2.45) is 0 Å². The van der Waals surface area contributed by atoms with Gasteiger partial charge in [0, 0.05) is 22.1 Å². The van der Waals surface area contributed by atoms with E-state index in [1.54, 1.807) is 7.11 Å². The number of esters is 1. The number of thioether (sulfide) groups is 1. The molecule has 4 nitrogen and oxygen atoms in total. The topological polar surface area (TPSA) is 47.6 Å². The van der Waals surface area contributed by atoms with Crippen molar-refractivity contribution in [3.63, 3.8) is 0 Å². The lowest BCUT2D eigenvalue weighted by Gasteiger charge is -2.16. The highest BCUT2D eigenvalue weighted by molar-refractivity contribution is 8.00. The largest absolute Gasteiger partial charge is 0.495 e. The van der Waals surface area contributed by atoms with E-state index in [0.29, 0.717) is 0 Å². The zero-order valence-corrected chi connectivity index (χ0v) is 14.9. The van der Waals surface area contributed by atoms with Crippen LogP contribution in [-0.2, 0) is 9.53 Å². The Kier molecular flexibility index (Phi) is 5.46. The molecule has 0 bridgehead atoms. The molecule has 0 aliphatic carbocycles. The molecule has 0 aliphatic heterocycles. The normalized spacial score (nSPS) is 10.5. The van der Waals surface area contributed by atoms with E-state index in [1.807, 2.05) is 54.6 Å². The van der Waals surface area contributed by atoms with E-state index < -0.39 is 0 Å². The third-order valence-corrected chi connectivity index (χ3v) is 4.79. The Labute approximate surface area is 151 Å². The number of benzene rings is 3. The molecule has 0 aliphatic rings. The zero-order valence-electron chi connectivity index (χ0n) is 14.1. The molecule has 0 radical (unpaired) electrons. The molecule has 1 N–H and O–H groups in total. The summed E-state index contributed by atoms with van der Waals surface area (Å²) >= 11 is 1.40. The Morgan fingerprint density at radius 1 is 1.00 bits per heavy atom. The van der Waals surface area contributed by atoms with E-state index in [2.05, 4.69) is 11.4 Å². The van der Waals surface area contributed by atoms with E-state index >= 15 is 0 Å². The number of ether oxygens (including phenoxy) is 2.